The maximum absolute atomic E-state index is 8.00. The molecule has 82 valence electrons. The molecule has 0 fully saturated rings. The van der Waals surface area contributed by atoms with Crippen LogP contribution in [0.1, 0.15) is 0 Å². The summed E-state index contributed by atoms with van der Waals surface area (Å²) >= 11 is 0. The summed E-state index contributed by atoms with van der Waals surface area (Å²) in [6.45, 7) is 6.00. The number of carbonyl (C=O) groups is 3. The fourth-order valence-corrected chi connectivity index (χ4v) is 0.513. The van der Waals surface area contributed by atoms with Crippen molar-refractivity contribution in [1.29, 1.82) is 0 Å². The van der Waals surface area contributed by atoms with Gasteiger partial charge in [-0.1, -0.05) is 48.6 Å². The summed E-state index contributed by atoms with van der Waals surface area (Å²) in [6.07, 6.45) is 16.0. The van der Waals surface area contributed by atoms with Gasteiger partial charge in [0, 0.05) is 21.1 Å². The maximum atomic E-state index is 8.00. The van der Waals surface area contributed by atoms with Gasteiger partial charge in [0.1, 0.15) is 20.4 Å². The minimum Gasteiger partial charge on any atom is -0.307 e. The van der Waals surface area contributed by atoms with Crippen LogP contribution in [-0.4, -0.2) is 20.4 Å². The molecule has 0 saturated heterocycles. The van der Waals surface area contributed by atoms with Crippen LogP contribution in [0.2, 0.25) is 0 Å². The molecule has 0 bridgehead atoms. The van der Waals surface area contributed by atoms with E-state index >= 15 is 0 Å². The molecule has 0 aromatic heterocycles. The Balaban J connectivity index is -0.0000000755. The van der Waals surface area contributed by atoms with Crippen LogP contribution in [0.5, 0.6) is 0 Å². The van der Waals surface area contributed by atoms with Crippen molar-refractivity contribution in [2.24, 2.45) is 0 Å². The zero-order valence-electron chi connectivity index (χ0n) is 8.37. The fourth-order valence-electron chi connectivity index (χ4n) is 0.513. The van der Waals surface area contributed by atoms with E-state index in [9.17, 15) is 0 Å². The third kappa shape index (κ3) is 32.4. The van der Waals surface area contributed by atoms with E-state index in [1.165, 1.54) is 0 Å². The molecule has 3 nitrogen and oxygen atoms in total. The molecule has 15 heavy (non-hydrogen) atoms. The monoisotopic (exact) mass is 292 g/mol. The molecule has 0 aliphatic heterocycles. The van der Waals surface area contributed by atoms with Crippen molar-refractivity contribution in [3.05, 3.63) is 48.6 Å². The molecule has 1 aliphatic rings. The number of allylic oxidation sites excluding steroid dienone is 8. The van der Waals surface area contributed by atoms with Crippen molar-refractivity contribution in [2.45, 2.75) is 0 Å². The summed E-state index contributed by atoms with van der Waals surface area (Å²) < 4.78 is 0. The van der Waals surface area contributed by atoms with Gasteiger partial charge in [0.05, 0.1) is 0 Å². The third-order valence-electron chi connectivity index (χ3n) is 0.889. The normalized spacial score (nSPS) is 13.6. The molecule has 1 aliphatic carbocycles. The second-order valence-corrected chi connectivity index (χ2v) is 1.54. The Bertz CT molecular complexity index is 147. The van der Waals surface area contributed by atoms with E-state index in [0.717, 1.165) is 0 Å². The van der Waals surface area contributed by atoms with Gasteiger partial charge < -0.3 is 14.4 Å². The van der Waals surface area contributed by atoms with Crippen molar-refractivity contribution in [1.82, 2.24) is 0 Å². The van der Waals surface area contributed by atoms with Crippen LogP contribution in [0.3, 0.4) is 0 Å². The average Bonchev–Trinajstić information content (AvgIpc) is 2.26. The molecule has 1 rings (SSSR count). The second kappa shape index (κ2) is 38.8. The molecule has 0 N–H and O–H groups in total. The van der Waals surface area contributed by atoms with Crippen LogP contribution in [0.15, 0.2) is 48.6 Å². The molecule has 4 heteroatoms. The molecule has 0 heterocycles. The van der Waals surface area contributed by atoms with E-state index in [4.69, 9.17) is 14.4 Å². The minimum atomic E-state index is 0. The van der Waals surface area contributed by atoms with E-state index in [2.05, 4.69) is 0 Å². The van der Waals surface area contributed by atoms with Gasteiger partial charge in [0.25, 0.3) is 0 Å². The number of hydrogen-bond donors (Lipinski definition) is 0. The summed E-state index contributed by atoms with van der Waals surface area (Å²) in [5, 5.41) is 0. The molecule has 0 aromatic carbocycles. The quantitative estimate of drug-likeness (QED) is 0.638. The molecule has 0 atom stereocenters. The van der Waals surface area contributed by atoms with Gasteiger partial charge in [-0.05, 0) is 0 Å². The molecule has 0 amide bonds. The van der Waals surface area contributed by atoms with Gasteiger partial charge in [0.2, 0.25) is 0 Å². The molecule has 0 radical (unpaired) electrons. The summed E-state index contributed by atoms with van der Waals surface area (Å²) in [5.74, 6) is 0. The van der Waals surface area contributed by atoms with Gasteiger partial charge in [-0.3, -0.25) is 0 Å². The van der Waals surface area contributed by atoms with Crippen LogP contribution in [0.4, 0.5) is 0 Å². The maximum Gasteiger partial charge on any atom is 0.106 e. The van der Waals surface area contributed by atoms with Gasteiger partial charge in [-0.25, -0.2) is 0 Å². The Morgan fingerprint density at radius 2 is 0.467 bits per heavy atom. The Kier molecular flexibility index (Phi) is 60.7. The van der Waals surface area contributed by atoms with Crippen LogP contribution in [0, 0.1) is 0 Å². The van der Waals surface area contributed by atoms with Crippen LogP contribution in [0.25, 0.3) is 0 Å². The van der Waals surface area contributed by atoms with Crippen molar-refractivity contribution in [3.63, 3.8) is 0 Å². The zero-order valence-corrected chi connectivity index (χ0v) is 10.4. The Morgan fingerprint density at radius 1 is 0.400 bits per heavy atom. The van der Waals surface area contributed by atoms with Crippen LogP contribution >= 0.6 is 0 Å². The Hall–Kier alpha value is -1.34. The summed E-state index contributed by atoms with van der Waals surface area (Å²) in [4.78, 5) is 24.0. The first-order valence-electron chi connectivity index (χ1n) is 3.53. The van der Waals surface area contributed by atoms with Crippen molar-refractivity contribution >= 4 is 20.4 Å². The molecule has 0 spiro atoms. The second-order valence-electron chi connectivity index (χ2n) is 1.54. The summed E-state index contributed by atoms with van der Waals surface area (Å²) in [5.41, 5.74) is 0. The topological polar surface area (TPSA) is 51.2 Å². The SMILES string of the molecule is C1=C/C=C\C=C/C=C1.C=O.C=O.C=O.[Mo]. The van der Waals surface area contributed by atoms with Gasteiger partial charge >= 0.3 is 0 Å². The van der Waals surface area contributed by atoms with Gasteiger partial charge in [-0.2, -0.15) is 0 Å². The van der Waals surface area contributed by atoms with Crippen molar-refractivity contribution in [2.75, 3.05) is 0 Å². The largest absolute Gasteiger partial charge is 0.307 e. The Labute approximate surface area is 105 Å². The summed E-state index contributed by atoms with van der Waals surface area (Å²) in [6, 6.07) is 0. The summed E-state index contributed by atoms with van der Waals surface area (Å²) in [7, 11) is 0. The molecule has 0 aromatic rings. The van der Waals surface area contributed by atoms with E-state index in [-0.39, 0.29) is 21.1 Å². The molecular weight excluding hydrogens is 276 g/mol. The standard InChI is InChI=1S/C8H8.3CH2O.Mo/c1-2-4-6-8-7-5-3-1;3*1-2;/h1-8H;3*1H2;/b2-1-,3-1?,4-2?,5-3-,6-4?,7-5?,8-6?,8-7?;;;;. The average molecular weight is 290 g/mol. The first-order chi connectivity index (χ1) is 7.00. The van der Waals surface area contributed by atoms with E-state index in [1.807, 2.05) is 69.0 Å². The molecular formula is C11H14MoO3. The fraction of sp³-hybridized carbons (Fsp3) is 0. The number of rotatable bonds is 0. The van der Waals surface area contributed by atoms with E-state index in [1.54, 1.807) is 0 Å². The predicted octanol–water partition coefficient (Wildman–Crippen LogP) is 1.67. The smallest absolute Gasteiger partial charge is 0.106 e. The van der Waals surface area contributed by atoms with E-state index < -0.39 is 0 Å². The zero-order chi connectivity index (χ0) is 11.7. The number of hydrogen-bond acceptors (Lipinski definition) is 3. The van der Waals surface area contributed by atoms with Gasteiger partial charge in [-0.15, -0.1) is 0 Å². The van der Waals surface area contributed by atoms with Crippen LogP contribution < -0.4 is 0 Å². The van der Waals surface area contributed by atoms with Crippen molar-refractivity contribution < 1.29 is 35.4 Å². The van der Waals surface area contributed by atoms with Crippen molar-refractivity contribution in [3.8, 4) is 0 Å². The third-order valence-corrected chi connectivity index (χ3v) is 0.889. The first kappa shape index (κ1) is 23.5. The Morgan fingerprint density at radius 3 is 0.533 bits per heavy atom. The molecule has 0 unspecified atom stereocenters. The van der Waals surface area contributed by atoms with Crippen LogP contribution in [-0.2, 0) is 35.4 Å². The minimum absolute atomic E-state index is 0. The predicted molar refractivity (Wildman–Crippen MR) is 57.9 cm³/mol. The molecule has 0 saturated carbocycles. The van der Waals surface area contributed by atoms with E-state index in [0.29, 0.717) is 0 Å². The number of carbonyl (C=O) groups excluding carboxylic acids is 3. The first-order valence-corrected chi connectivity index (χ1v) is 3.53. The van der Waals surface area contributed by atoms with Gasteiger partial charge in [0.15, 0.2) is 0 Å².